The van der Waals surface area contributed by atoms with E-state index < -0.39 is 15.9 Å². The van der Waals surface area contributed by atoms with Crippen molar-refractivity contribution in [2.75, 3.05) is 31.1 Å². The molecule has 2 rings (SSSR count). The molecular weight excluding hydrogens is 264 g/mol. The molecule has 0 amide bonds. The van der Waals surface area contributed by atoms with Gasteiger partial charge in [0.1, 0.15) is 0 Å². The summed E-state index contributed by atoms with van der Waals surface area (Å²) in [5.74, 6) is 0.0386. The van der Waals surface area contributed by atoms with E-state index in [4.69, 9.17) is 0 Å². The number of nitrogens with one attached hydrogen (secondary N) is 1. The molecule has 2 N–H and O–H groups in total. The van der Waals surface area contributed by atoms with Crippen molar-refractivity contribution in [3.05, 3.63) is 0 Å². The summed E-state index contributed by atoms with van der Waals surface area (Å²) in [5, 5.41) is 13.5. The minimum Gasteiger partial charge on any atom is -0.390 e. The number of aliphatic hydroxyl groups is 1. The Bertz CT molecular complexity index is 379. The molecule has 0 spiro atoms. The number of sulfone groups is 1. The van der Waals surface area contributed by atoms with Crippen LogP contribution in [0.2, 0.25) is 0 Å². The van der Waals surface area contributed by atoms with Crippen molar-refractivity contribution in [2.24, 2.45) is 0 Å². The molecule has 19 heavy (non-hydrogen) atoms. The number of rotatable bonds is 5. The van der Waals surface area contributed by atoms with Crippen molar-refractivity contribution in [1.82, 2.24) is 10.2 Å². The maximum absolute atomic E-state index is 11.7. The third-order valence-corrected chi connectivity index (χ3v) is 5.84. The second-order valence-electron chi connectivity index (χ2n) is 5.85. The van der Waals surface area contributed by atoms with Crippen LogP contribution in [0.1, 0.15) is 32.6 Å². The molecule has 0 aliphatic carbocycles. The minimum atomic E-state index is -3.06. The summed E-state index contributed by atoms with van der Waals surface area (Å²) >= 11 is 0. The molecule has 0 aromatic carbocycles. The van der Waals surface area contributed by atoms with E-state index in [1.165, 1.54) is 12.8 Å². The van der Waals surface area contributed by atoms with Gasteiger partial charge >= 0.3 is 0 Å². The lowest BCUT2D eigenvalue weighted by molar-refractivity contribution is 0.0737. The summed E-state index contributed by atoms with van der Waals surface area (Å²) in [6.07, 6.45) is 3.87. The van der Waals surface area contributed by atoms with Crippen molar-refractivity contribution >= 4 is 9.84 Å². The number of hydrogen-bond acceptors (Lipinski definition) is 5. The number of hydrogen-bond donors (Lipinski definition) is 2. The van der Waals surface area contributed by atoms with Gasteiger partial charge in [-0.1, -0.05) is 13.3 Å². The third kappa shape index (κ3) is 4.15. The standard InChI is InChI=1S/C13H26N2O3S/c1-2-7-15(8-11-5-3-4-6-14-11)12-9-19(17,18)10-13(12)16/h11-14,16H,2-10H2,1H3. The van der Waals surface area contributed by atoms with Crippen LogP contribution < -0.4 is 5.32 Å². The lowest BCUT2D eigenvalue weighted by Gasteiger charge is -2.35. The molecule has 0 aromatic rings. The Kier molecular flexibility index (Phi) is 5.22. The van der Waals surface area contributed by atoms with Crippen molar-refractivity contribution in [3.63, 3.8) is 0 Å². The van der Waals surface area contributed by atoms with E-state index in [1.54, 1.807) is 0 Å². The van der Waals surface area contributed by atoms with Gasteiger partial charge in [0.15, 0.2) is 9.84 Å². The highest BCUT2D eigenvalue weighted by Gasteiger charge is 2.40. The Morgan fingerprint density at radius 2 is 2.11 bits per heavy atom. The average Bonchev–Trinajstić information content (AvgIpc) is 2.63. The highest BCUT2D eigenvalue weighted by Crippen LogP contribution is 2.20. The highest BCUT2D eigenvalue weighted by molar-refractivity contribution is 7.91. The summed E-state index contributed by atoms with van der Waals surface area (Å²) in [7, 11) is -3.06. The maximum Gasteiger partial charge on any atom is 0.154 e. The first-order valence-corrected chi connectivity index (χ1v) is 9.20. The van der Waals surface area contributed by atoms with Gasteiger partial charge in [-0.25, -0.2) is 8.42 Å². The quantitative estimate of drug-likeness (QED) is 0.746. The molecule has 2 aliphatic heterocycles. The molecule has 5 nitrogen and oxygen atoms in total. The lowest BCUT2D eigenvalue weighted by atomic mass is 10.0. The van der Waals surface area contributed by atoms with Crippen molar-refractivity contribution in [2.45, 2.75) is 50.8 Å². The third-order valence-electron chi connectivity index (χ3n) is 4.14. The molecule has 2 saturated heterocycles. The molecule has 112 valence electrons. The first kappa shape index (κ1) is 15.2. The second-order valence-corrected chi connectivity index (χ2v) is 8.01. The van der Waals surface area contributed by atoms with Gasteiger partial charge in [0.25, 0.3) is 0 Å². The largest absolute Gasteiger partial charge is 0.390 e. The van der Waals surface area contributed by atoms with Gasteiger partial charge in [0.05, 0.1) is 23.7 Å². The molecule has 0 aromatic heterocycles. The van der Waals surface area contributed by atoms with Gasteiger partial charge < -0.3 is 10.4 Å². The summed E-state index contributed by atoms with van der Waals surface area (Å²) in [4.78, 5) is 2.18. The lowest BCUT2D eigenvalue weighted by Crippen LogP contribution is -2.50. The molecular formula is C13H26N2O3S. The normalized spacial score (nSPS) is 34.8. The summed E-state index contributed by atoms with van der Waals surface area (Å²) < 4.78 is 23.3. The van der Waals surface area contributed by atoms with Crippen LogP contribution in [-0.4, -0.2) is 67.8 Å². The van der Waals surface area contributed by atoms with Crippen LogP contribution in [0, 0.1) is 0 Å². The van der Waals surface area contributed by atoms with E-state index in [-0.39, 0.29) is 17.5 Å². The van der Waals surface area contributed by atoms with Gasteiger partial charge in [-0.2, -0.15) is 0 Å². The first-order chi connectivity index (χ1) is 9.02. The van der Waals surface area contributed by atoms with Crippen LogP contribution in [0.3, 0.4) is 0 Å². The van der Waals surface area contributed by atoms with Gasteiger partial charge in [-0.3, -0.25) is 4.90 Å². The predicted molar refractivity (Wildman–Crippen MR) is 76.0 cm³/mol. The van der Waals surface area contributed by atoms with E-state index in [0.29, 0.717) is 6.04 Å². The Morgan fingerprint density at radius 1 is 1.32 bits per heavy atom. The number of aliphatic hydroxyl groups excluding tert-OH is 1. The first-order valence-electron chi connectivity index (χ1n) is 7.38. The zero-order valence-corrected chi connectivity index (χ0v) is 12.5. The van der Waals surface area contributed by atoms with Crippen LogP contribution in [-0.2, 0) is 9.84 Å². The Hall–Kier alpha value is -0.170. The van der Waals surface area contributed by atoms with Crippen molar-refractivity contribution in [3.8, 4) is 0 Å². The number of nitrogens with zero attached hydrogens (tertiary/aromatic N) is 1. The summed E-state index contributed by atoms with van der Waals surface area (Å²) in [6, 6.07) is 0.226. The van der Waals surface area contributed by atoms with E-state index >= 15 is 0 Å². The van der Waals surface area contributed by atoms with Gasteiger partial charge in [-0.05, 0) is 32.4 Å². The molecule has 0 bridgehead atoms. The van der Waals surface area contributed by atoms with E-state index in [0.717, 1.165) is 32.5 Å². The zero-order chi connectivity index (χ0) is 13.9. The SMILES string of the molecule is CCCN(CC1CCCCN1)C1CS(=O)(=O)CC1O. The van der Waals surface area contributed by atoms with Crippen molar-refractivity contribution in [1.29, 1.82) is 0 Å². The average molecular weight is 290 g/mol. The van der Waals surface area contributed by atoms with Gasteiger partial charge in [0.2, 0.25) is 0 Å². The zero-order valence-electron chi connectivity index (χ0n) is 11.7. The molecule has 3 unspecified atom stereocenters. The van der Waals surface area contributed by atoms with Crippen LogP contribution in [0.25, 0.3) is 0 Å². The Morgan fingerprint density at radius 3 is 2.63 bits per heavy atom. The molecule has 3 atom stereocenters. The van der Waals surface area contributed by atoms with E-state index in [2.05, 4.69) is 17.1 Å². The summed E-state index contributed by atoms with van der Waals surface area (Å²) in [6.45, 7) is 4.85. The predicted octanol–water partition coefficient (Wildman–Crippen LogP) is -0.00160. The fourth-order valence-corrected chi connectivity index (χ4v) is 5.03. The molecule has 2 fully saturated rings. The van der Waals surface area contributed by atoms with E-state index in [1.807, 2.05) is 0 Å². The molecule has 6 heteroatoms. The summed E-state index contributed by atoms with van der Waals surface area (Å²) in [5.41, 5.74) is 0. The monoisotopic (exact) mass is 290 g/mol. The van der Waals surface area contributed by atoms with Crippen LogP contribution in [0.5, 0.6) is 0 Å². The molecule has 0 saturated carbocycles. The van der Waals surface area contributed by atoms with Crippen LogP contribution >= 0.6 is 0 Å². The Balaban J connectivity index is 1.98. The minimum absolute atomic E-state index is 0.0734. The maximum atomic E-state index is 11.7. The fraction of sp³-hybridized carbons (Fsp3) is 1.00. The highest BCUT2D eigenvalue weighted by atomic mass is 32.2. The van der Waals surface area contributed by atoms with Crippen LogP contribution in [0.4, 0.5) is 0 Å². The van der Waals surface area contributed by atoms with E-state index in [9.17, 15) is 13.5 Å². The van der Waals surface area contributed by atoms with Gasteiger partial charge in [0, 0.05) is 12.6 Å². The smallest absolute Gasteiger partial charge is 0.154 e. The fourth-order valence-electron chi connectivity index (χ4n) is 3.20. The molecule has 0 radical (unpaired) electrons. The molecule has 2 heterocycles. The topological polar surface area (TPSA) is 69.6 Å². The molecule has 2 aliphatic rings. The second kappa shape index (κ2) is 6.52. The number of piperidine rings is 1. The Labute approximate surface area is 116 Å². The van der Waals surface area contributed by atoms with Crippen molar-refractivity contribution < 1.29 is 13.5 Å². The van der Waals surface area contributed by atoms with Crippen LogP contribution in [0.15, 0.2) is 0 Å². The van der Waals surface area contributed by atoms with Gasteiger partial charge in [-0.15, -0.1) is 0 Å².